The molecule has 0 atom stereocenters. The Bertz CT molecular complexity index is 693. The van der Waals surface area contributed by atoms with E-state index in [1.54, 1.807) is 12.1 Å². The first-order chi connectivity index (χ1) is 9.45. The van der Waals surface area contributed by atoms with Gasteiger partial charge in [-0.2, -0.15) is 0 Å². The summed E-state index contributed by atoms with van der Waals surface area (Å²) in [6.07, 6.45) is 0. The van der Waals surface area contributed by atoms with Crippen LogP contribution in [0.5, 0.6) is 5.75 Å². The molecule has 2 rings (SSSR count). The van der Waals surface area contributed by atoms with Crippen molar-refractivity contribution in [2.75, 3.05) is 13.7 Å². The number of rotatable bonds is 4. The van der Waals surface area contributed by atoms with Crippen molar-refractivity contribution in [2.24, 2.45) is 0 Å². The molecule has 0 saturated heterocycles. The molecular weight excluding hydrogens is 323 g/mol. The molecule has 0 saturated carbocycles. The van der Waals surface area contributed by atoms with Crippen molar-refractivity contribution in [3.63, 3.8) is 0 Å². The highest BCUT2D eigenvalue weighted by Gasteiger charge is 2.21. The van der Waals surface area contributed by atoms with E-state index < -0.39 is 5.97 Å². The van der Waals surface area contributed by atoms with Crippen molar-refractivity contribution in [3.8, 4) is 5.75 Å². The fourth-order valence-corrected chi connectivity index (χ4v) is 3.38. The van der Waals surface area contributed by atoms with E-state index in [1.165, 1.54) is 14.0 Å². The number of carbonyl (C=O) groups is 2. The summed E-state index contributed by atoms with van der Waals surface area (Å²) in [6, 6.07) is 3.40. The van der Waals surface area contributed by atoms with Gasteiger partial charge in [0.25, 0.3) is 0 Å². The van der Waals surface area contributed by atoms with Gasteiger partial charge >= 0.3 is 5.97 Å². The lowest BCUT2D eigenvalue weighted by molar-refractivity contribution is -0.120. The smallest absolute Gasteiger partial charge is 0.350 e. The van der Waals surface area contributed by atoms with Crippen molar-refractivity contribution >= 4 is 56.4 Å². The van der Waals surface area contributed by atoms with Crippen LogP contribution in [0.1, 0.15) is 16.6 Å². The first-order valence-electron chi connectivity index (χ1n) is 5.56. The number of methoxy groups -OCH3 is 1. The fraction of sp³-hybridized carbons (Fsp3) is 0.231. The van der Waals surface area contributed by atoms with Crippen LogP contribution in [-0.4, -0.2) is 25.5 Å². The number of ether oxygens (including phenoxy) is 2. The van der Waals surface area contributed by atoms with Gasteiger partial charge in [-0.15, -0.1) is 11.3 Å². The minimum Gasteiger partial charge on any atom is -0.495 e. The van der Waals surface area contributed by atoms with E-state index in [1.807, 2.05) is 0 Å². The summed E-state index contributed by atoms with van der Waals surface area (Å²) in [7, 11) is 1.50. The van der Waals surface area contributed by atoms with Crippen LogP contribution in [0.3, 0.4) is 0 Å². The van der Waals surface area contributed by atoms with Crippen LogP contribution in [0, 0.1) is 0 Å². The number of benzene rings is 1. The van der Waals surface area contributed by atoms with Gasteiger partial charge in [0.15, 0.2) is 5.78 Å². The van der Waals surface area contributed by atoms with Crippen molar-refractivity contribution in [2.45, 2.75) is 6.92 Å². The zero-order chi connectivity index (χ0) is 14.9. The zero-order valence-electron chi connectivity index (χ0n) is 10.7. The molecule has 0 aliphatic heterocycles. The third-order valence-electron chi connectivity index (χ3n) is 2.51. The lowest BCUT2D eigenvalue weighted by Crippen LogP contribution is -2.10. The second-order valence-electron chi connectivity index (χ2n) is 3.98. The fourth-order valence-electron chi connectivity index (χ4n) is 1.60. The average Bonchev–Trinajstić information content (AvgIpc) is 2.75. The van der Waals surface area contributed by atoms with Gasteiger partial charge in [0, 0.05) is 5.39 Å². The van der Waals surface area contributed by atoms with Crippen LogP contribution in [0.25, 0.3) is 10.1 Å². The third-order valence-corrected chi connectivity index (χ3v) is 4.71. The molecule has 0 unspecified atom stereocenters. The Morgan fingerprint density at radius 1 is 1.25 bits per heavy atom. The van der Waals surface area contributed by atoms with Gasteiger partial charge < -0.3 is 9.47 Å². The summed E-state index contributed by atoms with van der Waals surface area (Å²) in [4.78, 5) is 22.9. The molecule has 0 radical (unpaired) electrons. The standard InChI is InChI=1S/C13H10Cl2O4S/c1-6(16)5-19-13(17)12-9(14)7-3-4-8(18-2)10(15)11(7)20-12/h3-4H,5H2,1-2H3. The summed E-state index contributed by atoms with van der Waals surface area (Å²) in [6.45, 7) is 1.06. The normalized spacial score (nSPS) is 10.6. The molecule has 0 N–H and O–H groups in total. The molecule has 0 amide bonds. The molecule has 0 bridgehead atoms. The maximum absolute atomic E-state index is 11.9. The number of ketones is 1. The van der Waals surface area contributed by atoms with Gasteiger partial charge in [-0.1, -0.05) is 23.2 Å². The van der Waals surface area contributed by atoms with E-state index in [4.69, 9.17) is 32.7 Å². The number of carbonyl (C=O) groups excluding carboxylic acids is 2. The quantitative estimate of drug-likeness (QED) is 0.795. The van der Waals surface area contributed by atoms with E-state index in [0.29, 0.717) is 20.9 Å². The molecular formula is C13H10Cl2O4S. The first-order valence-corrected chi connectivity index (χ1v) is 7.14. The molecule has 106 valence electrons. The van der Waals surface area contributed by atoms with E-state index >= 15 is 0 Å². The Morgan fingerprint density at radius 2 is 1.95 bits per heavy atom. The lowest BCUT2D eigenvalue weighted by Gasteiger charge is -2.02. The Balaban J connectivity index is 2.45. The summed E-state index contributed by atoms with van der Waals surface area (Å²) in [5, 5.41) is 1.31. The topological polar surface area (TPSA) is 52.6 Å². The molecule has 2 aromatic rings. The molecule has 1 aromatic heterocycles. The Morgan fingerprint density at radius 3 is 2.55 bits per heavy atom. The van der Waals surface area contributed by atoms with Crippen LogP contribution in [0.15, 0.2) is 12.1 Å². The number of Topliss-reactive ketones (excluding diaryl/α,β-unsaturated/α-hetero) is 1. The minimum absolute atomic E-state index is 0.220. The lowest BCUT2D eigenvalue weighted by atomic mass is 10.2. The van der Waals surface area contributed by atoms with E-state index in [2.05, 4.69) is 0 Å². The minimum atomic E-state index is -0.638. The van der Waals surface area contributed by atoms with Gasteiger partial charge in [-0.3, -0.25) is 4.79 Å². The number of fused-ring (bicyclic) bond motifs is 1. The summed E-state index contributed by atoms with van der Waals surface area (Å²) in [5.41, 5.74) is 0. The van der Waals surface area contributed by atoms with Crippen molar-refractivity contribution in [3.05, 3.63) is 27.1 Å². The van der Waals surface area contributed by atoms with E-state index in [9.17, 15) is 9.59 Å². The Hall–Kier alpha value is -1.30. The number of hydrogen-bond acceptors (Lipinski definition) is 5. The van der Waals surface area contributed by atoms with Crippen LogP contribution in [-0.2, 0) is 9.53 Å². The predicted octanol–water partition coefficient (Wildman–Crippen LogP) is 3.96. The molecule has 4 nitrogen and oxygen atoms in total. The Labute approximate surface area is 129 Å². The SMILES string of the molecule is COc1ccc2c(Cl)c(C(=O)OCC(C)=O)sc2c1Cl. The van der Waals surface area contributed by atoms with E-state index in [0.717, 1.165) is 11.3 Å². The summed E-state index contributed by atoms with van der Waals surface area (Å²) < 4.78 is 10.6. The summed E-state index contributed by atoms with van der Waals surface area (Å²) >= 11 is 13.4. The molecule has 20 heavy (non-hydrogen) atoms. The first kappa shape index (κ1) is 15.1. The highest BCUT2D eigenvalue weighted by atomic mass is 35.5. The predicted molar refractivity (Wildman–Crippen MR) is 79.4 cm³/mol. The third kappa shape index (κ3) is 2.75. The van der Waals surface area contributed by atoms with Crippen LogP contribution < -0.4 is 4.74 Å². The molecule has 1 aromatic carbocycles. The van der Waals surface area contributed by atoms with Gasteiger partial charge in [0.2, 0.25) is 0 Å². The van der Waals surface area contributed by atoms with Crippen molar-refractivity contribution in [1.29, 1.82) is 0 Å². The highest BCUT2D eigenvalue weighted by Crippen LogP contribution is 2.43. The van der Waals surface area contributed by atoms with Crippen LogP contribution in [0.4, 0.5) is 0 Å². The van der Waals surface area contributed by atoms with Gasteiger partial charge in [-0.25, -0.2) is 4.79 Å². The van der Waals surface area contributed by atoms with Crippen molar-refractivity contribution in [1.82, 2.24) is 0 Å². The number of halogens is 2. The number of thiophene rings is 1. The van der Waals surface area contributed by atoms with Crippen LogP contribution >= 0.6 is 34.5 Å². The maximum atomic E-state index is 11.9. The van der Waals surface area contributed by atoms with Crippen molar-refractivity contribution < 1.29 is 19.1 Å². The highest BCUT2D eigenvalue weighted by molar-refractivity contribution is 7.22. The molecule has 7 heteroatoms. The van der Waals surface area contributed by atoms with E-state index in [-0.39, 0.29) is 22.3 Å². The maximum Gasteiger partial charge on any atom is 0.350 e. The number of esters is 1. The van der Waals surface area contributed by atoms with Gasteiger partial charge in [0.1, 0.15) is 22.3 Å². The molecule has 1 heterocycles. The molecule has 0 aliphatic rings. The molecule has 0 aliphatic carbocycles. The van der Waals surface area contributed by atoms with Gasteiger partial charge in [0.05, 0.1) is 16.8 Å². The molecule has 0 spiro atoms. The average molecular weight is 333 g/mol. The second kappa shape index (κ2) is 5.99. The zero-order valence-corrected chi connectivity index (χ0v) is 13.0. The summed E-state index contributed by atoms with van der Waals surface area (Å²) in [5.74, 6) is -0.377. The molecule has 0 fully saturated rings. The van der Waals surface area contributed by atoms with Gasteiger partial charge in [-0.05, 0) is 19.1 Å². The number of hydrogen-bond donors (Lipinski definition) is 0. The largest absolute Gasteiger partial charge is 0.495 e. The monoisotopic (exact) mass is 332 g/mol. The second-order valence-corrected chi connectivity index (χ2v) is 5.76. The van der Waals surface area contributed by atoms with Crippen LogP contribution in [0.2, 0.25) is 10.0 Å². The Kier molecular flexibility index (Phi) is 4.52.